The van der Waals surface area contributed by atoms with Gasteiger partial charge in [-0.2, -0.15) is 0 Å². The number of rotatable bonds is 10. The lowest BCUT2D eigenvalue weighted by atomic mass is 9.92. The third-order valence-corrected chi connectivity index (χ3v) is 4.88. The first-order chi connectivity index (χ1) is 13.5. The number of anilines is 1. The highest BCUT2D eigenvalue weighted by molar-refractivity contribution is 6.18. The number of hydrogen-bond acceptors (Lipinski definition) is 4. The summed E-state index contributed by atoms with van der Waals surface area (Å²) < 4.78 is 5.31. The summed E-state index contributed by atoms with van der Waals surface area (Å²) in [6, 6.07) is 5.36. The summed E-state index contributed by atoms with van der Waals surface area (Å²) >= 11 is 11.8. The molecular formula is C21H32Cl2N2O4. The van der Waals surface area contributed by atoms with Gasteiger partial charge in [-0.3, -0.25) is 4.79 Å². The lowest BCUT2D eigenvalue weighted by Crippen LogP contribution is -2.45. The number of halogens is 2. The van der Waals surface area contributed by atoms with Crippen molar-refractivity contribution in [2.75, 3.05) is 29.7 Å². The molecule has 0 bridgehead atoms. The maximum Gasteiger partial charge on any atom is 0.407 e. The lowest BCUT2D eigenvalue weighted by molar-refractivity contribution is -0.142. The molecule has 0 aromatic heterocycles. The molecule has 0 saturated heterocycles. The Hall–Kier alpha value is -1.66. The van der Waals surface area contributed by atoms with Crippen molar-refractivity contribution in [3.63, 3.8) is 0 Å². The quantitative estimate of drug-likeness (QED) is 0.519. The van der Waals surface area contributed by atoms with Crippen molar-refractivity contribution in [1.29, 1.82) is 0 Å². The van der Waals surface area contributed by atoms with E-state index in [-0.39, 0.29) is 0 Å². The van der Waals surface area contributed by atoms with Gasteiger partial charge in [0, 0.05) is 36.6 Å². The molecule has 1 aromatic carbocycles. The minimum absolute atomic E-state index is 0.363. The normalized spacial score (nSPS) is 13.5. The molecule has 2 N–H and O–H groups in total. The molecule has 1 amide bonds. The molecule has 0 aliphatic heterocycles. The highest BCUT2D eigenvalue weighted by atomic mass is 35.5. The van der Waals surface area contributed by atoms with Crippen LogP contribution in [-0.4, -0.2) is 53.7 Å². The number of alkyl halides is 2. The van der Waals surface area contributed by atoms with Crippen molar-refractivity contribution in [1.82, 2.24) is 5.32 Å². The van der Waals surface area contributed by atoms with Crippen molar-refractivity contribution < 1.29 is 19.4 Å². The highest BCUT2D eigenvalue weighted by Crippen LogP contribution is 2.23. The Kier molecular flexibility index (Phi) is 10.1. The van der Waals surface area contributed by atoms with Crippen LogP contribution < -0.4 is 10.2 Å². The minimum Gasteiger partial charge on any atom is -0.481 e. The molecule has 2 atom stereocenters. The number of hydrogen-bond donors (Lipinski definition) is 2. The predicted molar refractivity (Wildman–Crippen MR) is 118 cm³/mol. The molecule has 0 radical (unpaired) electrons. The first-order valence-electron chi connectivity index (χ1n) is 9.67. The van der Waals surface area contributed by atoms with E-state index in [1.807, 2.05) is 25.1 Å². The van der Waals surface area contributed by atoms with Gasteiger partial charge < -0.3 is 20.1 Å². The number of aryl methyl sites for hydroxylation is 1. The number of benzene rings is 1. The van der Waals surface area contributed by atoms with Crippen LogP contribution in [0.3, 0.4) is 0 Å². The fraction of sp³-hybridized carbons (Fsp3) is 0.619. The zero-order chi connectivity index (χ0) is 22.2. The van der Waals surface area contributed by atoms with Crippen molar-refractivity contribution in [2.24, 2.45) is 5.92 Å². The molecule has 6 nitrogen and oxygen atoms in total. The van der Waals surface area contributed by atoms with Crippen LogP contribution in [0.25, 0.3) is 0 Å². The number of carboxylic acids is 1. The molecule has 29 heavy (non-hydrogen) atoms. The van der Waals surface area contributed by atoms with E-state index in [1.54, 1.807) is 27.7 Å². The second-order valence-electron chi connectivity index (χ2n) is 8.06. The smallest absolute Gasteiger partial charge is 0.407 e. The molecule has 1 unspecified atom stereocenters. The number of nitrogens with one attached hydrogen (secondary N) is 1. The molecule has 0 spiro atoms. The maximum atomic E-state index is 12.3. The van der Waals surface area contributed by atoms with E-state index in [0.29, 0.717) is 31.3 Å². The summed E-state index contributed by atoms with van der Waals surface area (Å²) in [4.78, 5) is 25.9. The molecule has 164 valence electrons. The molecule has 8 heteroatoms. The summed E-state index contributed by atoms with van der Waals surface area (Å²) in [5, 5.41) is 12.2. The largest absolute Gasteiger partial charge is 0.481 e. The van der Waals surface area contributed by atoms with E-state index in [0.717, 1.165) is 16.8 Å². The van der Waals surface area contributed by atoms with Gasteiger partial charge in [0.25, 0.3) is 0 Å². The topological polar surface area (TPSA) is 78.9 Å². The van der Waals surface area contributed by atoms with Crippen molar-refractivity contribution in [3.8, 4) is 0 Å². The number of alkyl carbamates (subject to hydrolysis) is 1. The van der Waals surface area contributed by atoms with Gasteiger partial charge >= 0.3 is 12.1 Å². The third-order valence-electron chi connectivity index (χ3n) is 4.54. The van der Waals surface area contributed by atoms with Gasteiger partial charge in [-0.1, -0.05) is 6.07 Å². The summed E-state index contributed by atoms with van der Waals surface area (Å²) in [5.41, 5.74) is 2.26. The summed E-state index contributed by atoms with van der Waals surface area (Å²) in [7, 11) is 0. The number of carboxylic acid groups (broad SMARTS) is 1. The van der Waals surface area contributed by atoms with Crippen molar-refractivity contribution >= 4 is 41.0 Å². The number of aliphatic carboxylic acids is 1. The SMILES string of the molecule is Cc1ccc(N(CCCl)CCCl)cc1C[C@H](NC(=O)OC(C)(C)C)C(C)C(=O)O. The summed E-state index contributed by atoms with van der Waals surface area (Å²) in [6.45, 7) is 10.1. The van der Waals surface area contributed by atoms with Crippen LogP contribution >= 0.6 is 23.2 Å². The van der Waals surface area contributed by atoms with E-state index in [1.165, 1.54) is 0 Å². The molecule has 1 aromatic rings. The summed E-state index contributed by atoms with van der Waals surface area (Å²) in [6.07, 6.45) is -0.266. The van der Waals surface area contributed by atoms with E-state index in [4.69, 9.17) is 27.9 Å². The van der Waals surface area contributed by atoms with Crippen LogP contribution in [0.5, 0.6) is 0 Å². The van der Waals surface area contributed by atoms with E-state index in [9.17, 15) is 14.7 Å². The molecule has 0 fully saturated rings. The monoisotopic (exact) mass is 446 g/mol. The fourth-order valence-corrected chi connectivity index (χ4v) is 3.28. The first kappa shape index (κ1) is 25.4. The Morgan fingerprint density at radius 3 is 2.28 bits per heavy atom. The zero-order valence-corrected chi connectivity index (χ0v) is 19.3. The molecule has 0 aliphatic carbocycles. The number of carbonyl (C=O) groups is 2. The standard InChI is InChI=1S/C21H32Cl2N2O4/c1-14-6-7-17(25(10-8-22)11-9-23)12-16(14)13-18(15(2)19(26)27)24-20(28)29-21(3,4)5/h6-7,12,15,18H,8-11,13H2,1-5H3,(H,24,28)(H,26,27)/t15?,18-/m0/s1. The lowest BCUT2D eigenvalue weighted by Gasteiger charge is -2.27. The Bertz CT molecular complexity index is 686. The van der Waals surface area contributed by atoms with E-state index >= 15 is 0 Å². The highest BCUT2D eigenvalue weighted by Gasteiger charge is 2.28. The Labute approximate surface area is 183 Å². The molecule has 0 saturated carbocycles. The second kappa shape index (κ2) is 11.5. The van der Waals surface area contributed by atoms with Gasteiger partial charge in [-0.05, 0) is 64.3 Å². The van der Waals surface area contributed by atoms with Gasteiger partial charge in [0.05, 0.1) is 5.92 Å². The van der Waals surface area contributed by atoms with Crippen LogP contribution in [0, 0.1) is 12.8 Å². The fourth-order valence-electron chi connectivity index (χ4n) is 2.87. The molecule has 1 rings (SSSR count). The minimum atomic E-state index is -0.981. The van der Waals surface area contributed by atoms with Crippen molar-refractivity contribution in [2.45, 2.75) is 52.7 Å². The average Bonchev–Trinajstić information content (AvgIpc) is 2.60. The van der Waals surface area contributed by atoms with Crippen LogP contribution in [0.15, 0.2) is 18.2 Å². The van der Waals surface area contributed by atoms with Crippen LogP contribution in [0.1, 0.15) is 38.8 Å². The third kappa shape index (κ3) is 8.70. The van der Waals surface area contributed by atoms with Gasteiger partial charge in [0.15, 0.2) is 0 Å². The van der Waals surface area contributed by atoms with E-state index < -0.39 is 29.6 Å². The second-order valence-corrected chi connectivity index (χ2v) is 8.82. The maximum absolute atomic E-state index is 12.3. The summed E-state index contributed by atoms with van der Waals surface area (Å²) in [5.74, 6) is -0.823. The van der Waals surface area contributed by atoms with Gasteiger partial charge in [0.1, 0.15) is 5.60 Å². The Morgan fingerprint density at radius 1 is 1.21 bits per heavy atom. The van der Waals surface area contributed by atoms with Crippen molar-refractivity contribution in [3.05, 3.63) is 29.3 Å². The number of amides is 1. The van der Waals surface area contributed by atoms with E-state index in [2.05, 4.69) is 10.2 Å². The first-order valence-corrected chi connectivity index (χ1v) is 10.7. The molecule has 0 aliphatic rings. The zero-order valence-electron chi connectivity index (χ0n) is 17.8. The number of carbonyl (C=O) groups excluding carboxylic acids is 1. The van der Waals surface area contributed by atoms with Gasteiger partial charge in [0.2, 0.25) is 0 Å². The number of ether oxygens (including phenoxy) is 1. The Morgan fingerprint density at radius 2 is 1.79 bits per heavy atom. The molecular weight excluding hydrogens is 415 g/mol. The van der Waals surface area contributed by atoms with Gasteiger partial charge in [-0.15, -0.1) is 23.2 Å². The van der Waals surface area contributed by atoms with Gasteiger partial charge in [-0.25, -0.2) is 4.79 Å². The Balaban J connectivity index is 3.12. The predicted octanol–water partition coefficient (Wildman–Crippen LogP) is 4.44. The van der Waals surface area contributed by atoms with Crippen LogP contribution in [0.4, 0.5) is 10.5 Å². The average molecular weight is 447 g/mol. The van der Waals surface area contributed by atoms with Crippen LogP contribution in [-0.2, 0) is 16.0 Å². The molecule has 0 heterocycles. The van der Waals surface area contributed by atoms with Crippen LogP contribution in [0.2, 0.25) is 0 Å². The number of nitrogens with zero attached hydrogens (tertiary/aromatic N) is 1.